The van der Waals surface area contributed by atoms with Crippen LogP contribution in [-0.2, 0) is 12.8 Å². The minimum Gasteiger partial charge on any atom is -0.493 e. The Balaban J connectivity index is 1.54. The molecule has 2 aliphatic rings. The molecule has 1 aliphatic carbocycles. The molecule has 1 N–H and O–H groups in total. The van der Waals surface area contributed by atoms with Crippen LogP contribution in [0.2, 0.25) is 0 Å². The number of hydrogen-bond donors (Lipinski definition) is 1. The van der Waals surface area contributed by atoms with Crippen molar-refractivity contribution < 1.29 is 9.47 Å². The van der Waals surface area contributed by atoms with Gasteiger partial charge in [0.2, 0.25) is 0 Å². The normalized spacial score (nSPS) is 21.5. The predicted molar refractivity (Wildman–Crippen MR) is 119 cm³/mol. The van der Waals surface area contributed by atoms with Crippen molar-refractivity contribution >= 4 is 16.6 Å². The molecule has 0 radical (unpaired) electrons. The summed E-state index contributed by atoms with van der Waals surface area (Å²) >= 11 is 0. The number of aromatic nitrogens is 1. The van der Waals surface area contributed by atoms with Crippen LogP contribution in [0.15, 0.2) is 12.1 Å². The van der Waals surface area contributed by atoms with E-state index >= 15 is 0 Å². The molecule has 0 saturated carbocycles. The van der Waals surface area contributed by atoms with E-state index in [2.05, 4.69) is 43.1 Å². The molecule has 5 nitrogen and oxygen atoms in total. The van der Waals surface area contributed by atoms with Crippen molar-refractivity contribution in [3.8, 4) is 11.5 Å². The van der Waals surface area contributed by atoms with Gasteiger partial charge in [-0.1, -0.05) is 13.8 Å². The molecule has 1 fully saturated rings. The molecule has 4 rings (SSSR count). The van der Waals surface area contributed by atoms with Crippen molar-refractivity contribution in [3.05, 3.63) is 23.4 Å². The standard InChI is InChI=1S/C24H35N3O2/c1-5-25-24-18-11-17(3)12-20(18)26-21-14-23(22(28-4)13-19(21)24)29-10-6-8-27-9-7-16(2)15-27/h13-14,16-17H,5-12,15H2,1-4H3,(H,25,26). The fourth-order valence-electron chi connectivity index (χ4n) is 4.85. The summed E-state index contributed by atoms with van der Waals surface area (Å²) in [5, 5.41) is 4.72. The Morgan fingerprint density at radius 1 is 1.17 bits per heavy atom. The Morgan fingerprint density at radius 2 is 2.03 bits per heavy atom. The largest absolute Gasteiger partial charge is 0.493 e. The van der Waals surface area contributed by atoms with Gasteiger partial charge in [-0.2, -0.15) is 0 Å². The molecule has 2 heterocycles. The molecule has 2 aromatic rings. The molecule has 1 aliphatic heterocycles. The smallest absolute Gasteiger partial charge is 0.163 e. The highest BCUT2D eigenvalue weighted by atomic mass is 16.5. The number of nitrogens with zero attached hydrogens (tertiary/aromatic N) is 2. The van der Waals surface area contributed by atoms with E-state index in [0.29, 0.717) is 12.5 Å². The lowest BCUT2D eigenvalue weighted by Crippen LogP contribution is -2.23. The molecule has 29 heavy (non-hydrogen) atoms. The molecule has 2 atom stereocenters. The highest BCUT2D eigenvalue weighted by Crippen LogP contribution is 2.40. The van der Waals surface area contributed by atoms with Crippen molar-refractivity contribution in [1.82, 2.24) is 9.88 Å². The number of pyridine rings is 1. The summed E-state index contributed by atoms with van der Waals surface area (Å²) < 4.78 is 11.8. The maximum absolute atomic E-state index is 6.15. The van der Waals surface area contributed by atoms with Crippen LogP contribution in [0, 0.1) is 11.8 Å². The third-order valence-electron chi connectivity index (χ3n) is 6.29. The number of benzene rings is 1. The summed E-state index contributed by atoms with van der Waals surface area (Å²) in [6.07, 6.45) is 4.50. The second-order valence-electron chi connectivity index (χ2n) is 8.87. The maximum atomic E-state index is 6.15. The van der Waals surface area contributed by atoms with Gasteiger partial charge >= 0.3 is 0 Å². The zero-order chi connectivity index (χ0) is 20.4. The maximum Gasteiger partial charge on any atom is 0.163 e. The minimum atomic E-state index is 0.651. The molecule has 0 bridgehead atoms. The second-order valence-corrected chi connectivity index (χ2v) is 8.87. The lowest BCUT2D eigenvalue weighted by atomic mass is 10.0. The number of nitrogens with one attached hydrogen (secondary N) is 1. The van der Waals surface area contributed by atoms with Crippen LogP contribution < -0.4 is 14.8 Å². The molecule has 2 unspecified atom stereocenters. The first-order valence-corrected chi connectivity index (χ1v) is 11.2. The molecule has 1 aromatic heterocycles. The Morgan fingerprint density at radius 3 is 2.76 bits per heavy atom. The van der Waals surface area contributed by atoms with E-state index in [-0.39, 0.29) is 0 Å². The number of anilines is 1. The molecular weight excluding hydrogens is 362 g/mol. The zero-order valence-corrected chi connectivity index (χ0v) is 18.4. The Bertz CT molecular complexity index is 867. The topological polar surface area (TPSA) is 46.6 Å². The van der Waals surface area contributed by atoms with Gasteiger partial charge in [-0.25, -0.2) is 0 Å². The van der Waals surface area contributed by atoms with E-state index in [1.807, 2.05) is 0 Å². The number of likely N-dealkylation sites (tertiary alicyclic amines) is 1. The molecule has 0 spiro atoms. The number of hydrogen-bond acceptors (Lipinski definition) is 5. The van der Waals surface area contributed by atoms with Gasteiger partial charge in [0.15, 0.2) is 11.5 Å². The van der Waals surface area contributed by atoms with Gasteiger partial charge in [-0.3, -0.25) is 4.98 Å². The monoisotopic (exact) mass is 397 g/mol. The second kappa shape index (κ2) is 8.78. The van der Waals surface area contributed by atoms with Crippen molar-refractivity contribution in [3.63, 3.8) is 0 Å². The van der Waals surface area contributed by atoms with E-state index in [4.69, 9.17) is 14.5 Å². The van der Waals surface area contributed by atoms with E-state index in [0.717, 1.165) is 60.7 Å². The summed E-state index contributed by atoms with van der Waals surface area (Å²) in [5.74, 6) is 3.07. The average Bonchev–Trinajstić information content (AvgIpc) is 3.29. The van der Waals surface area contributed by atoms with Crippen LogP contribution >= 0.6 is 0 Å². The van der Waals surface area contributed by atoms with Crippen molar-refractivity contribution in [2.75, 3.05) is 45.2 Å². The SMILES string of the molecule is CCNc1c2c(nc3cc(OCCCN4CCC(C)C4)c(OC)cc13)CC(C)C2. The van der Waals surface area contributed by atoms with Crippen LogP contribution in [0.4, 0.5) is 5.69 Å². The van der Waals surface area contributed by atoms with Crippen LogP contribution in [0.25, 0.3) is 10.9 Å². The highest BCUT2D eigenvalue weighted by molar-refractivity contribution is 5.96. The number of methoxy groups -OCH3 is 1. The van der Waals surface area contributed by atoms with Gasteiger partial charge in [0.1, 0.15) is 0 Å². The minimum absolute atomic E-state index is 0.651. The van der Waals surface area contributed by atoms with Gasteiger partial charge in [0.05, 0.1) is 19.2 Å². The lowest BCUT2D eigenvalue weighted by Gasteiger charge is -2.18. The van der Waals surface area contributed by atoms with Crippen molar-refractivity contribution in [2.45, 2.75) is 46.5 Å². The van der Waals surface area contributed by atoms with Crippen molar-refractivity contribution in [2.24, 2.45) is 11.8 Å². The zero-order valence-electron chi connectivity index (χ0n) is 18.4. The molecule has 1 saturated heterocycles. The predicted octanol–water partition coefficient (Wildman–Crippen LogP) is 4.52. The van der Waals surface area contributed by atoms with Gasteiger partial charge < -0.3 is 19.7 Å². The Labute approximate surface area is 174 Å². The molecule has 158 valence electrons. The summed E-state index contributed by atoms with van der Waals surface area (Å²) in [7, 11) is 1.72. The first-order valence-electron chi connectivity index (χ1n) is 11.2. The fourth-order valence-corrected chi connectivity index (χ4v) is 4.85. The van der Waals surface area contributed by atoms with Crippen LogP contribution in [0.5, 0.6) is 11.5 Å². The van der Waals surface area contributed by atoms with Gasteiger partial charge in [0.25, 0.3) is 0 Å². The Kier molecular flexibility index (Phi) is 6.14. The third kappa shape index (κ3) is 4.30. The van der Waals surface area contributed by atoms with Crippen LogP contribution in [0.3, 0.4) is 0 Å². The first kappa shape index (κ1) is 20.3. The van der Waals surface area contributed by atoms with Crippen LogP contribution in [0.1, 0.15) is 44.9 Å². The van der Waals surface area contributed by atoms with Crippen molar-refractivity contribution in [1.29, 1.82) is 0 Å². The first-order chi connectivity index (χ1) is 14.1. The molecular formula is C24H35N3O2. The molecule has 5 heteroatoms. The number of ether oxygens (including phenoxy) is 2. The number of rotatable bonds is 8. The van der Waals surface area contributed by atoms with E-state index in [9.17, 15) is 0 Å². The van der Waals surface area contributed by atoms with Gasteiger partial charge in [-0.05, 0) is 62.6 Å². The molecule has 0 amide bonds. The van der Waals surface area contributed by atoms with E-state index in [1.54, 1.807) is 7.11 Å². The molecule has 1 aromatic carbocycles. The summed E-state index contributed by atoms with van der Waals surface area (Å²) in [4.78, 5) is 7.54. The summed E-state index contributed by atoms with van der Waals surface area (Å²) in [6, 6.07) is 4.16. The fraction of sp³-hybridized carbons (Fsp3) is 0.625. The highest BCUT2D eigenvalue weighted by Gasteiger charge is 2.25. The van der Waals surface area contributed by atoms with Gasteiger partial charge in [0, 0.05) is 42.5 Å². The average molecular weight is 398 g/mol. The Hall–Kier alpha value is -2.01. The summed E-state index contributed by atoms with van der Waals surface area (Å²) in [6.45, 7) is 11.9. The summed E-state index contributed by atoms with van der Waals surface area (Å²) in [5.41, 5.74) is 4.84. The quantitative estimate of drug-likeness (QED) is 0.664. The lowest BCUT2D eigenvalue weighted by molar-refractivity contribution is 0.251. The van der Waals surface area contributed by atoms with E-state index in [1.165, 1.54) is 36.5 Å². The number of fused-ring (bicyclic) bond motifs is 2. The van der Waals surface area contributed by atoms with E-state index < -0.39 is 0 Å². The third-order valence-corrected chi connectivity index (χ3v) is 6.29. The van der Waals surface area contributed by atoms with Crippen LogP contribution in [-0.4, -0.2) is 49.8 Å². The van der Waals surface area contributed by atoms with Gasteiger partial charge in [-0.15, -0.1) is 0 Å².